The van der Waals surface area contributed by atoms with Crippen LogP contribution in [0.2, 0.25) is 10.0 Å². The van der Waals surface area contributed by atoms with Gasteiger partial charge in [-0.15, -0.1) is 0 Å². The number of halogens is 4. The molecule has 1 saturated heterocycles. The second kappa shape index (κ2) is 10.7. The fraction of sp³-hybridized carbons (Fsp3) is 0.345. The van der Waals surface area contributed by atoms with Crippen LogP contribution in [0.4, 0.5) is 14.5 Å². The van der Waals surface area contributed by atoms with E-state index in [-0.39, 0.29) is 37.8 Å². The van der Waals surface area contributed by atoms with Crippen molar-refractivity contribution >= 4 is 34.8 Å². The molecule has 0 bridgehead atoms. The predicted molar refractivity (Wildman–Crippen MR) is 148 cm³/mol. The van der Waals surface area contributed by atoms with E-state index >= 15 is 8.78 Å². The highest BCUT2D eigenvalue weighted by Gasteiger charge is 2.61. The summed E-state index contributed by atoms with van der Waals surface area (Å²) in [4.78, 5) is 26.0. The van der Waals surface area contributed by atoms with Crippen molar-refractivity contribution in [3.63, 3.8) is 0 Å². The standard InChI is InChI=1S/C29H28Cl2F2N4O2/c1-28(2,3)14-22-29(15-34,19-9-8-16(30)12-21(19)32)24(18-6-5-7-20(31)25(18)33)26(36-22)27(39)35-17-10-11-37(4)23(38)13-17/h5-13,22,24,26,36H,14H2,1-4H3,(H,35,39)/t22-,24-,26+,29-/m0/s1. The fourth-order valence-electron chi connectivity index (χ4n) is 5.40. The van der Waals surface area contributed by atoms with Crippen LogP contribution in [-0.2, 0) is 17.3 Å². The average molecular weight is 573 g/mol. The van der Waals surface area contributed by atoms with Gasteiger partial charge in [0.2, 0.25) is 5.91 Å². The number of benzene rings is 2. The molecule has 1 aromatic heterocycles. The van der Waals surface area contributed by atoms with Gasteiger partial charge in [-0.3, -0.25) is 9.59 Å². The number of aromatic nitrogens is 1. The number of nitriles is 1. The maximum absolute atomic E-state index is 15.7. The van der Waals surface area contributed by atoms with Crippen molar-refractivity contribution in [1.29, 1.82) is 5.26 Å². The number of rotatable bonds is 5. The van der Waals surface area contributed by atoms with Gasteiger partial charge in [0.25, 0.3) is 5.56 Å². The molecule has 2 heterocycles. The lowest BCUT2D eigenvalue weighted by Gasteiger charge is -2.37. The van der Waals surface area contributed by atoms with Gasteiger partial charge in [0.05, 0.1) is 17.1 Å². The molecule has 6 nitrogen and oxygen atoms in total. The van der Waals surface area contributed by atoms with Crippen molar-refractivity contribution in [1.82, 2.24) is 9.88 Å². The number of nitrogens with zero attached hydrogens (tertiary/aromatic N) is 2. The summed E-state index contributed by atoms with van der Waals surface area (Å²) in [6.07, 6.45) is 1.84. The van der Waals surface area contributed by atoms with Crippen molar-refractivity contribution in [2.45, 2.75) is 50.6 Å². The van der Waals surface area contributed by atoms with Crippen LogP contribution in [0.3, 0.4) is 0 Å². The van der Waals surface area contributed by atoms with Crippen LogP contribution in [0.1, 0.15) is 44.2 Å². The van der Waals surface area contributed by atoms with Crippen LogP contribution in [-0.4, -0.2) is 22.6 Å². The van der Waals surface area contributed by atoms with E-state index in [1.165, 1.54) is 47.2 Å². The Bertz CT molecular complexity index is 1530. The molecule has 2 N–H and O–H groups in total. The normalized spacial score (nSPS) is 22.9. The van der Waals surface area contributed by atoms with E-state index in [0.29, 0.717) is 6.42 Å². The van der Waals surface area contributed by atoms with Gasteiger partial charge in [0.15, 0.2) is 0 Å². The molecule has 10 heteroatoms. The molecule has 0 spiro atoms. The Balaban J connectivity index is 1.97. The van der Waals surface area contributed by atoms with E-state index < -0.39 is 41.0 Å². The molecule has 0 aliphatic carbocycles. The van der Waals surface area contributed by atoms with Crippen LogP contribution in [0.15, 0.2) is 59.5 Å². The molecule has 0 radical (unpaired) electrons. The summed E-state index contributed by atoms with van der Waals surface area (Å²) in [7, 11) is 1.57. The Morgan fingerprint density at radius 2 is 1.90 bits per heavy atom. The summed E-state index contributed by atoms with van der Waals surface area (Å²) >= 11 is 12.2. The number of anilines is 1. The molecule has 204 valence electrons. The SMILES string of the molecule is Cn1ccc(NC(=O)[C@@H]2N[C@@H](CC(C)(C)C)[C@](C#N)(c3ccc(Cl)cc3F)[C@H]2c2cccc(Cl)c2F)cc1=O. The van der Waals surface area contributed by atoms with E-state index in [2.05, 4.69) is 16.7 Å². The lowest BCUT2D eigenvalue weighted by molar-refractivity contribution is -0.118. The quantitative estimate of drug-likeness (QED) is 0.396. The van der Waals surface area contributed by atoms with E-state index in [0.717, 1.165) is 6.07 Å². The van der Waals surface area contributed by atoms with Gasteiger partial charge in [-0.25, -0.2) is 8.78 Å². The zero-order chi connectivity index (χ0) is 28.7. The van der Waals surface area contributed by atoms with E-state index in [9.17, 15) is 14.9 Å². The molecule has 1 aliphatic heterocycles. The molecule has 1 amide bonds. The Kier molecular flexibility index (Phi) is 7.91. The first-order valence-electron chi connectivity index (χ1n) is 12.3. The molecule has 4 rings (SSSR count). The third-order valence-electron chi connectivity index (χ3n) is 7.10. The second-order valence-electron chi connectivity index (χ2n) is 11.0. The minimum Gasteiger partial charge on any atom is -0.324 e. The van der Waals surface area contributed by atoms with Gasteiger partial charge >= 0.3 is 0 Å². The Morgan fingerprint density at radius 3 is 2.51 bits per heavy atom. The molecule has 1 fully saturated rings. The highest BCUT2D eigenvalue weighted by Crippen LogP contribution is 2.52. The Hall–Kier alpha value is -3.25. The van der Waals surface area contributed by atoms with Gasteiger partial charge in [-0.05, 0) is 41.7 Å². The monoisotopic (exact) mass is 572 g/mol. The van der Waals surface area contributed by atoms with Crippen LogP contribution >= 0.6 is 23.2 Å². The first kappa shape index (κ1) is 28.8. The van der Waals surface area contributed by atoms with E-state index in [1.54, 1.807) is 13.1 Å². The van der Waals surface area contributed by atoms with Crippen LogP contribution < -0.4 is 16.2 Å². The summed E-state index contributed by atoms with van der Waals surface area (Å²) in [6, 6.07) is 11.4. The first-order valence-corrected chi connectivity index (χ1v) is 13.1. The van der Waals surface area contributed by atoms with Gasteiger partial charge in [-0.2, -0.15) is 5.26 Å². The molecule has 1 aliphatic rings. The van der Waals surface area contributed by atoms with E-state index in [1.807, 2.05) is 20.8 Å². The van der Waals surface area contributed by atoms with E-state index in [4.69, 9.17) is 23.2 Å². The lowest BCUT2D eigenvalue weighted by atomic mass is 9.62. The topological polar surface area (TPSA) is 86.9 Å². The maximum Gasteiger partial charge on any atom is 0.252 e. The molecule has 4 atom stereocenters. The smallest absolute Gasteiger partial charge is 0.252 e. The second-order valence-corrected chi connectivity index (χ2v) is 11.9. The minimum absolute atomic E-state index is 0.00793. The van der Waals surface area contributed by atoms with Crippen molar-refractivity contribution in [3.05, 3.63) is 97.9 Å². The number of aryl methyl sites for hydroxylation is 1. The summed E-state index contributed by atoms with van der Waals surface area (Å²) < 4.78 is 32.7. The van der Waals surface area contributed by atoms with Gasteiger partial charge in [0, 0.05) is 47.5 Å². The summed E-state index contributed by atoms with van der Waals surface area (Å²) in [5.74, 6) is -3.36. The zero-order valence-corrected chi connectivity index (χ0v) is 23.4. The van der Waals surface area contributed by atoms with Gasteiger partial charge in [-0.1, -0.05) is 62.2 Å². The highest BCUT2D eigenvalue weighted by atomic mass is 35.5. The molecule has 3 aromatic rings. The highest BCUT2D eigenvalue weighted by molar-refractivity contribution is 6.31. The van der Waals surface area contributed by atoms with Crippen molar-refractivity contribution in [2.75, 3.05) is 5.32 Å². The number of hydrogen-bond acceptors (Lipinski definition) is 4. The first-order chi connectivity index (χ1) is 18.3. The van der Waals surface area contributed by atoms with Crippen LogP contribution in [0.5, 0.6) is 0 Å². The largest absolute Gasteiger partial charge is 0.324 e. The number of pyridine rings is 1. The molecule has 0 saturated carbocycles. The van der Waals surface area contributed by atoms with Crippen LogP contribution in [0.25, 0.3) is 0 Å². The summed E-state index contributed by atoms with van der Waals surface area (Å²) in [5.41, 5.74) is -2.23. The third kappa shape index (κ3) is 5.44. The molecular weight excluding hydrogens is 545 g/mol. The zero-order valence-electron chi connectivity index (χ0n) is 21.9. The fourth-order valence-corrected chi connectivity index (χ4v) is 5.74. The molecular formula is C29H28Cl2F2N4O2. The predicted octanol–water partition coefficient (Wildman–Crippen LogP) is 5.93. The molecule has 0 unspecified atom stereocenters. The number of amides is 1. The van der Waals surface area contributed by atoms with Crippen molar-refractivity contribution < 1.29 is 13.6 Å². The Labute approximate surface area is 235 Å². The van der Waals surface area contributed by atoms with Crippen molar-refractivity contribution in [3.8, 4) is 6.07 Å². The number of carbonyl (C=O) groups excluding carboxylic acids is 1. The third-order valence-corrected chi connectivity index (χ3v) is 7.63. The van der Waals surface area contributed by atoms with Gasteiger partial charge < -0.3 is 15.2 Å². The number of carbonyl (C=O) groups is 1. The van der Waals surface area contributed by atoms with Crippen molar-refractivity contribution in [2.24, 2.45) is 12.5 Å². The Morgan fingerprint density at radius 1 is 1.18 bits per heavy atom. The van der Waals surface area contributed by atoms with Crippen LogP contribution in [0, 0.1) is 28.4 Å². The number of nitrogens with one attached hydrogen (secondary N) is 2. The lowest BCUT2D eigenvalue weighted by Crippen LogP contribution is -2.45. The summed E-state index contributed by atoms with van der Waals surface area (Å²) in [5, 5.41) is 16.8. The molecule has 2 aromatic carbocycles. The minimum atomic E-state index is -1.73. The summed E-state index contributed by atoms with van der Waals surface area (Å²) in [6.45, 7) is 5.87. The maximum atomic E-state index is 15.7. The molecule has 39 heavy (non-hydrogen) atoms. The number of hydrogen-bond donors (Lipinski definition) is 2. The average Bonchev–Trinajstić information content (AvgIpc) is 3.16. The van der Waals surface area contributed by atoms with Gasteiger partial charge in [0.1, 0.15) is 17.0 Å².